The van der Waals surface area contributed by atoms with Crippen LogP contribution in [0.3, 0.4) is 0 Å². The van der Waals surface area contributed by atoms with Crippen LogP contribution in [0.1, 0.15) is 337 Å². The number of hydrogen-bond acceptors (Lipinski definition) is 15. The highest BCUT2D eigenvalue weighted by Gasteiger charge is 2.30. The van der Waals surface area contributed by atoms with E-state index in [9.17, 15) is 43.2 Å². The van der Waals surface area contributed by atoms with E-state index in [1.807, 2.05) is 0 Å². The van der Waals surface area contributed by atoms with Gasteiger partial charge in [0.05, 0.1) is 26.4 Å². The normalized spacial score (nSPS) is 14.6. The van der Waals surface area contributed by atoms with Gasteiger partial charge in [-0.1, -0.05) is 285 Å². The number of aliphatic hydroxyl groups excluding tert-OH is 1. The van der Waals surface area contributed by atoms with Crippen LogP contribution in [-0.4, -0.2) is 96.7 Å². The van der Waals surface area contributed by atoms with Crippen LogP contribution in [0, 0.1) is 17.8 Å². The maximum atomic E-state index is 13.0. The Balaban J connectivity index is 5.22. The molecule has 0 radical (unpaired) electrons. The first-order chi connectivity index (χ1) is 43.8. The number of carbonyl (C=O) groups is 4. The molecular weight excluding hydrogens is 1200 g/mol. The second-order valence-corrected chi connectivity index (χ2v) is 29.4. The van der Waals surface area contributed by atoms with Gasteiger partial charge < -0.3 is 33.8 Å². The number of esters is 4. The largest absolute Gasteiger partial charge is 0.472 e. The van der Waals surface area contributed by atoms with Crippen LogP contribution in [0.25, 0.3) is 0 Å². The molecule has 0 heterocycles. The van der Waals surface area contributed by atoms with Crippen LogP contribution in [0.5, 0.6) is 0 Å². The van der Waals surface area contributed by atoms with Gasteiger partial charge in [-0.2, -0.15) is 0 Å². The Morgan fingerprint density at radius 2 is 0.648 bits per heavy atom. The quantitative estimate of drug-likeness (QED) is 0.0169. The average Bonchev–Trinajstić information content (AvgIpc) is 3.14. The van der Waals surface area contributed by atoms with Crippen molar-refractivity contribution in [3.8, 4) is 0 Å². The summed E-state index contributed by atoms with van der Waals surface area (Å²) < 4.78 is 68.2. The molecule has 3 N–H and O–H groups in total. The van der Waals surface area contributed by atoms with Gasteiger partial charge in [0.2, 0.25) is 0 Å². The van der Waals surface area contributed by atoms with Crippen LogP contribution >= 0.6 is 15.6 Å². The Labute approximate surface area is 554 Å². The monoisotopic (exact) mass is 1330 g/mol. The second-order valence-electron chi connectivity index (χ2n) is 26.5. The minimum Gasteiger partial charge on any atom is -0.462 e. The number of rotatable bonds is 68. The summed E-state index contributed by atoms with van der Waals surface area (Å²) in [7, 11) is -9.92. The fraction of sp³-hybridized carbons (Fsp3) is 0.889. The van der Waals surface area contributed by atoms with E-state index < -0.39 is 97.5 Å². The molecular formula is C72H136O17P2. The number of unbranched alkanes of at least 4 members (excludes halogenated alkanes) is 32. The Morgan fingerprint density at radius 1 is 0.363 bits per heavy atom. The molecule has 0 aromatic carbocycles. The Morgan fingerprint density at radius 3 is 0.978 bits per heavy atom. The third-order valence-electron chi connectivity index (χ3n) is 16.4. The molecule has 0 fully saturated rings. The molecule has 0 aromatic rings. The Kier molecular flexibility index (Phi) is 60.7. The summed E-state index contributed by atoms with van der Waals surface area (Å²) in [6.45, 7) is 11.7. The first-order valence-corrected chi connectivity index (χ1v) is 39.7. The molecule has 0 bridgehead atoms. The second kappa shape index (κ2) is 62.4. The van der Waals surface area contributed by atoms with Crippen molar-refractivity contribution in [2.75, 3.05) is 39.6 Å². The molecule has 0 aliphatic rings. The van der Waals surface area contributed by atoms with Crippen molar-refractivity contribution in [3.05, 3.63) is 24.3 Å². The molecule has 17 nitrogen and oxygen atoms in total. The van der Waals surface area contributed by atoms with Crippen LogP contribution < -0.4 is 0 Å². The van der Waals surface area contributed by atoms with Crippen LogP contribution in [0.4, 0.5) is 0 Å². The number of carbonyl (C=O) groups excluding carboxylic acids is 4. The van der Waals surface area contributed by atoms with Crippen molar-refractivity contribution < 1.29 is 80.2 Å². The highest BCUT2D eigenvalue weighted by Crippen LogP contribution is 2.45. The summed E-state index contributed by atoms with van der Waals surface area (Å²) in [6.07, 6.45) is 49.7. The predicted octanol–water partition coefficient (Wildman–Crippen LogP) is 20.2. The van der Waals surface area contributed by atoms with Gasteiger partial charge in [0.15, 0.2) is 12.2 Å². The minimum atomic E-state index is -4.96. The summed E-state index contributed by atoms with van der Waals surface area (Å²) in [5.41, 5.74) is 0. The maximum Gasteiger partial charge on any atom is 0.472 e. The van der Waals surface area contributed by atoms with E-state index >= 15 is 0 Å². The molecule has 0 aliphatic carbocycles. The average molecular weight is 1340 g/mol. The van der Waals surface area contributed by atoms with Gasteiger partial charge >= 0.3 is 39.5 Å². The van der Waals surface area contributed by atoms with E-state index in [1.54, 1.807) is 0 Å². The van der Waals surface area contributed by atoms with Crippen molar-refractivity contribution in [1.82, 2.24) is 0 Å². The van der Waals surface area contributed by atoms with Crippen molar-refractivity contribution in [2.24, 2.45) is 17.8 Å². The highest BCUT2D eigenvalue weighted by molar-refractivity contribution is 7.47. The number of hydrogen-bond donors (Lipinski definition) is 3. The van der Waals surface area contributed by atoms with E-state index in [-0.39, 0.29) is 25.7 Å². The summed E-state index contributed by atoms with van der Waals surface area (Å²) in [4.78, 5) is 72.5. The van der Waals surface area contributed by atoms with Gasteiger partial charge in [0.25, 0.3) is 0 Å². The van der Waals surface area contributed by atoms with Gasteiger partial charge in [-0.25, -0.2) is 9.13 Å². The summed E-state index contributed by atoms with van der Waals surface area (Å²) in [5.74, 6) is 0.0326. The number of allylic oxidation sites excluding steroid dienone is 4. The van der Waals surface area contributed by atoms with Crippen molar-refractivity contribution >= 4 is 39.5 Å². The van der Waals surface area contributed by atoms with Gasteiger partial charge in [0, 0.05) is 25.7 Å². The van der Waals surface area contributed by atoms with Crippen LogP contribution in [-0.2, 0) is 65.4 Å². The van der Waals surface area contributed by atoms with Crippen molar-refractivity contribution in [2.45, 2.75) is 356 Å². The first kappa shape index (κ1) is 88.5. The van der Waals surface area contributed by atoms with Crippen molar-refractivity contribution in [1.29, 1.82) is 0 Å². The molecule has 0 saturated carbocycles. The molecule has 536 valence electrons. The third-order valence-corrected chi connectivity index (χ3v) is 18.3. The van der Waals surface area contributed by atoms with Gasteiger partial charge in [-0.3, -0.25) is 37.3 Å². The molecule has 0 aliphatic heterocycles. The maximum absolute atomic E-state index is 13.0. The zero-order valence-corrected chi connectivity index (χ0v) is 60.6. The number of phosphoric ester groups is 2. The van der Waals surface area contributed by atoms with E-state index in [0.29, 0.717) is 31.6 Å². The molecule has 3 unspecified atom stereocenters. The molecule has 6 atom stereocenters. The smallest absolute Gasteiger partial charge is 0.462 e. The number of phosphoric acid groups is 2. The lowest BCUT2D eigenvalue weighted by atomic mass is 10.00. The van der Waals surface area contributed by atoms with Crippen LogP contribution in [0.15, 0.2) is 24.3 Å². The highest BCUT2D eigenvalue weighted by atomic mass is 31.2. The van der Waals surface area contributed by atoms with Crippen molar-refractivity contribution in [3.63, 3.8) is 0 Å². The molecule has 91 heavy (non-hydrogen) atoms. The molecule has 0 aromatic heterocycles. The number of ether oxygens (including phenoxy) is 4. The fourth-order valence-electron chi connectivity index (χ4n) is 10.3. The lowest BCUT2D eigenvalue weighted by molar-refractivity contribution is -0.161. The molecule has 0 rings (SSSR count). The van der Waals surface area contributed by atoms with Gasteiger partial charge in [-0.05, 0) is 69.1 Å². The van der Waals surface area contributed by atoms with Gasteiger partial charge in [-0.15, -0.1) is 0 Å². The summed E-state index contributed by atoms with van der Waals surface area (Å²) in [5, 5.41) is 10.6. The first-order valence-electron chi connectivity index (χ1n) is 36.7. The molecule has 19 heteroatoms. The standard InChI is InChI=1S/C72H136O17P2/c1-8-10-11-12-13-14-15-16-17-22-25-28-31-41-48-55-71(76)88-67(60-83-70(75)54-47-40-35-33-38-45-52-65(7)9-2)61-86-90(78,79)84-57-66(73)58-85-91(80,81)87-62-68(89-72(77)56-49-42-34-32-37-44-51-64(5)6)59-82-69(74)53-46-39-30-27-24-21-19-18-20-23-26-29-36-43-50-63(3)4/h14-17,63-68,73H,8-13,18-62H2,1-7H3,(H,78,79)(H,80,81)/b15-14-,17-16-/t65?,66-,67+,68+/m0/s1. The predicted molar refractivity (Wildman–Crippen MR) is 367 cm³/mol. The van der Waals surface area contributed by atoms with E-state index in [2.05, 4.69) is 72.8 Å². The van der Waals surface area contributed by atoms with E-state index in [1.165, 1.54) is 128 Å². The van der Waals surface area contributed by atoms with E-state index in [0.717, 1.165) is 121 Å². The minimum absolute atomic E-state index is 0.0836. The summed E-state index contributed by atoms with van der Waals surface area (Å²) in [6, 6.07) is 0. The Hall–Kier alpha value is -2.46. The SMILES string of the molecule is CCCCCC/C=C\C=C/CCCCCCCC(=O)O[C@H](COC(=O)CCCCCCCCC(C)CC)COP(=O)(O)OC[C@H](O)COP(=O)(O)OC[C@@H](COC(=O)CCCCCCCCCCCCCCCCC(C)C)OC(=O)CCCCCCCCC(C)C. The molecule has 0 spiro atoms. The zero-order valence-electron chi connectivity index (χ0n) is 58.8. The molecule has 0 saturated heterocycles. The lowest BCUT2D eigenvalue weighted by Crippen LogP contribution is -2.30. The molecule has 0 amide bonds. The van der Waals surface area contributed by atoms with Gasteiger partial charge in [0.1, 0.15) is 19.3 Å². The zero-order chi connectivity index (χ0) is 67.3. The Bertz CT molecular complexity index is 1880. The lowest BCUT2D eigenvalue weighted by Gasteiger charge is -2.21. The van der Waals surface area contributed by atoms with Crippen LogP contribution in [0.2, 0.25) is 0 Å². The topological polar surface area (TPSA) is 237 Å². The fourth-order valence-corrected chi connectivity index (χ4v) is 11.9. The van der Waals surface area contributed by atoms with E-state index in [4.69, 9.17) is 37.0 Å². The third kappa shape index (κ3) is 64.6. The summed E-state index contributed by atoms with van der Waals surface area (Å²) >= 11 is 0. The number of aliphatic hydroxyl groups is 1.